The van der Waals surface area contributed by atoms with Gasteiger partial charge in [0.25, 0.3) is 0 Å². The minimum Gasteiger partial charge on any atom is -1.00 e. The van der Waals surface area contributed by atoms with Gasteiger partial charge in [0, 0.05) is 23.3 Å². The van der Waals surface area contributed by atoms with Crippen LogP contribution in [0.2, 0.25) is 0 Å². The predicted octanol–water partition coefficient (Wildman–Crippen LogP) is -5.09. The summed E-state index contributed by atoms with van der Waals surface area (Å²) >= 11 is 17.0. The number of hydrogen-bond donors (Lipinski definition) is 10. The molecule has 0 aromatic heterocycles. The second-order valence-corrected chi connectivity index (χ2v) is 12.9. The van der Waals surface area contributed by atoms with Crippen molar-refractivity contribution in [3.8, 4) is 0 Å². The average molecular weight is 820 g/mol. The number of carbonyl (C=O) groups excluding carboxylic acids is 6. The summed E-state index contributed by atoms with van der Waals surface area (Å²) in [6, 6.07) is -2.38. The number of thiol groups is 4. The number of unbranched alkanes of at least 4 members (excludes halogenated alkanes) is 2. The van der Waals surface area contributed by atoms with E-state index in [1.165, 1.54) is 13.8 Å². The van der Waals surface area contributed by atoms with E-state index >= 15 is 0 Å². The molecule has 0 fully saturated rings. The fraction of sp³-hybridized carbons (Fsp3) is 0.786. The summed E-state index contributed by atoms with van der Waals surface area (Å²) in [5.41, 5.74) is 0. The Labute approximate surface area is 341 Å². The summed E-state index contributed by atoms with van der Waals surface area (Å²) in [7, 11) is 0. The molecule has 0 aromatic carbocycles. The standard InChI is InChI=1S/2C14H26N2O5S2.Na.Zn.H/c2*1-9(17)13(14(21)15-8-12(19)20)16-11(18)5-3-2-4-10(23)6-7-22;;;/h2*9-10,13,17,22-23H,2-8H2,1H3,(H,15,21)(H,16,18)(H,19,20);;;/q;;+1;+2;-1/p-2/t2*9-,10?,13+;;;/m11.../s1. The molecular formula is C28H51N4NaO10S4Zn. The number of hydrogen-bond acceptors (Lipinski definition) is 14. The topological polar surface area (TPSA) is 237 Å². The molecule has 20 heteroatoms. The summed E-state index contributed by atoms with van der Waals surface area (Å²) in [6.07, 6.45) is 4.66. The number of amides is 4. The first-order valence-corrected chi connectivity index (χ1v) is 17.3. The van der Waals surface area contributed by atoms with E-state index in [9.17, 15) is 49.2 Å². The second kappa shape index (κ2) is 33.9. The Balaban J connectivity index is -0.000000248. The normalized spacial score (nSPS) is 14.0. The fourth-order valence-corrected chi connectivity index (χ4v) is 5.41. The molecule has 0 radical (unpaired) electrons. The predicted molar refractivity (Wildman–Crippen MR) is 184 cm³/mol. The first-order valence-electron chi connectivity index (χ1n) is 15.0. The summed E-state index contributed by atoms with van der Waals surface area (Å²) in [4.78, 5) is 67.7. The molecule has 0 spiro atoms. The van der Waals surface area contributed by atoms with Crippen molar-refractivity contribution in [1.82, 2.24) is 21.3 Å². The first-order chi connectivity index (χ1) is 21.5. The number of aliphatic carboxylic acids is 2. The molecule has 0 aliphatic rings. The third-order valence-corrected chi connectivity index (χ3v) is 7.83. The SMILES string of the molecule is C[C@@H](O)[C@H](NC(=O)CCCCC(S)CCS)C(=O)NCC(=O)[O-].C[C@@H](O)[C@H](NC(=O)CCCCC(S)CCS)C(=O)NCC(=O)[O-].[H-].[Na+].[Zn+2]. The average Bonchev–Trinajstić information content (AvgIpc) is 2.96. The minimum atomic E-state index is -1.45. The van der Waals surface area contributed by atoms with Gasteiger partial charge in [0.05, 0.1) is 37.2 Å². The van der Waals surface area contributed by atoms with Crippen molar-refractivity contribution in [1.29, 1.82) is 0 Å². The van der Waals surface area contributed by atoms with Crippen LogP contribution in [0.4, 0.5) is 0 Å². The maximum Gasteiger partial charge on any atom is 2.00 e. The number of aliphatic hydroxyl groups excluding tert-OH is 2. The third kappa shape index (κ3) is 31.7. The van der Waals surface area contributed by atoms with Gasteiger partial charge in [0.15, 0.2) is 0 Å². The van der Waals surface area contributed by atoms with Gasteiger partial charge in [0.2, 0.25) is 23.6 Å². The summed E-state index contributed by atoms with van der Waals surface area (Å²) in [6.45, 7) is 1.33. The Bertz CT molecular complexity index is 880. The number of nitrogens with one attached hydrogen (secondary N) is 4. The zero-order valence-electron chi connectivity index (χ0n) is 29.0. The van der Waals surface area contributed by atoms with E-state index in [1.807, 2.05) is 0 Å². The first kappa shape index (κ1) is 54.5. The Morgan fingerprint density at radius 3 is 1.21 bits per heavy atom. The van der Waals surface area contributed by atoms with Crippen LogP contribution in [0.3, 0.4) is 0 Å². The summed E-state index contributed by atoms with van der Waals surface area (Å²) in [5, 5.41) is 49.2. The van der Waals surface area contributed by atoms with Crippen LogP contribution >= 0.6 is 50.5 Å². The molecule has 4 amide bonds. The van der Waals surface area contributed by atoms with Crippen LogP contribution in [-0.2, 0) is 48.2 Å². The summed E-state index contributed by atoms with van der Waals surface area (Å²) < 4.78 is 0. The van der Waals surface area contributed by atoms with Crippen molar-refractivity contribution < 1.29 is 99.7 Å². The van der Waals surface area contributed by atoms with Gasteiger partial charge >= 0.3 is 49.0 Å². The van der Waals surface area contributed by atoms with E-state index in [0.29, 0.717) is 12.8 Å². The minimum absolute atomic E-state index is 0. The molecule has 6 N–H and O–H groups in total. The van der Waals surface area contributed by atoms with Crippen LogP contribution in [0.15, 0.2) is 0 Å². The Morgan fingerprint density at radius 1 is 0.646 bits per heavy atom. The van der Waals surface area contributed by atoms with Gasteiger partial charge in [-0.1, -0.05) is 12.8 Å². The Kier molecular flexibility index (Phi) is 38.5. The van der Waals surface area contributed by atoms with E-state index in [-0.39, 0.29) is 85.6 Å². The fourth-order valence-electron chi connectivity index (χ4n) is 3.76. The van der Waals surface area contributed by atoms with Crippen LogP contribution in [0.5, 0.6) is 0 Å². The molecular weight excluding hydrogens is 769 g/mol. The third-order valence-electron chi connectivity index (χ3n) is 6.28. The molecule has 6 atom stereocenters. The molecule has 0 aliphatic heterocycles. The molecule has 0 rings (SSSR count). The molecule has 0 bridgehead atoms. The Morgan fingerprint density at radius 2 is 0.958 bits per heavy atom. The number of carboxylic acids is 2. The zero-order chi connectivity index (χ0) is 35.7. The molecule has 0 saturated heterocycles. The molecule has 14 nitrogen and oxygen atoms in total. The molecule has 0 aliphatic carbocycles. The van der Waals surface area contributed by atoms with Crippen molar-refractivity contribution in [2.24, 2.45) is 0 Å². The van der Waals surface area contributed by atoms with Gasteiger partial charge in [-0.25, -0.2) is 0 Å². The van der Waals surface area contributed by atoms with E-state index in [2.05, 4.69) is 71.8 Å². The van der Waals surface area contributed by atoms with Crippen LogP contribution in [-0.4, -0.2) is 105 Å². The van der Waals surface area contributed by atoms with Crippen molar-refractivity contribution in [3.63, 3.8) is 0 Å². The van der Waals surface area contributed by atoms with Gasteiger partial charge in [-0.05, 0) is 63.9 Å². The molecule has 48 heavy (non-hydrogen) atoms. The van der Waals surface area contributed by atoms with Crippen molar-refractivity contribution in [2.45, 2.75) is 113 Å². The van der Waals surface area contributed by atoms with E-state index in [0.717, 1.165) is 50.0 Å². The van der Waals surface area contributed by atoms with Crippen LogP contribution in [0.25, 0.3) is 0 Å². The quantitative estimate of drug-likeness (QED) is 0.0253. The maximum atomic E-state index is 11.8. The second-order valence-electron chi connectivity index (χ2n) is 10.6. The van der Waals surface area contributed by atoms with Crippen LogP contribution < -0.4 is 61.0 Å². The van der Waals surface area contributed by atoms with Crippen molar-refractivity contribution >= 4 is 86.1 Å². The number of carbonyl (C=O) groups is 6. The van der Waals surface area contributed by atoms with E-state index < -0.39 is 61.1 Å². The number of rotatable bonds is 24. The zero-order valence-corrected chi connectivity index (χ0v) is 36.6. The van der Waals surface area contributed by atoms with Gasteiger partial charge in [-0.3, -0.25) is 19.2 Å². The van der Waals surface area contributed by atoms with Crippen LogP contribution in [0.1, 0.15) is 79.5 Å². The smallest absolute Gasteiger partial charge is 1.00 e. The van der Waals surface area contributed by atoms with Gasteiger partial charge in [-0.2, -0.15) is 50.5 Å². The molecule has 270 valence electrons. The van der Waals surface area contributed by atoms with E-state index in [4.69, 9.17) is 0 Å². The Hall–Kier alpha value is -0.237. The van der Waals surface area contributed by atoms with Gasteiger partial charge in [0.1, 0.15) is 12.1 Å². The summed E-state index contributed by atoms with van der Waals surface area (Å²) in [5.74, 6) is -3.62. The molecule has 2 unspecified atom stereocenters. The molecule has 0 heterocycles. The van der Waals surface area contributed by atoms with Crippen LogP contribution in [0, 0.1) is 0 Å². The number of carboxylic acid groups (broad SMARTS) is 2. The monoisotopic (exact) mass is 818 g/mol. The van der Waals surface area contributed by atoms with E-state index in [1.54, 1.807) is 0 Å². The molecule has 0 aromatic rings. The number of aliphatic hydroxyl groups is 2. The van der Waals surface area contributed by atoms with Crippen molar-refractivity contribution in [3.05, 3.63) is 0 Å². The molecule has 0 saturated carbocycles. The van der Waals surface area contributed by atoms with Gasteiger partial charge in [-0.15, -0.1) is 0 Å². The van der Waals surface area contributed by atoms with Gasteiger partial charge < -0.3 is 52.7 Å². The maximum absolute atomic E-state index is 11.8. The van der Waals surface area contributed by atoms with Crippen molar-refractivity contribution in [2.75, 3.05) is 24.6 Å². The largest absolute Gasteiger partial charge is 2.00 e.